The first-order valence-electron chi connectivity index (χ1n) is 7.03. The summed E-state index contributed by atoms with van der Waals surface area (Å²) in [4.78, 5) is 2.41. The molecule has 0 atom stereocenters. The predicted octanol–water partition coefficient (Wildman–Crippen LogP) is 3.57. The largest absolute Gasteiger partial charge is 0.399 e. The number of nitrogen functional groups attached to an aromatic ring is 1. The van der Waals surface area contributed by atoms with E-state index in [1.54, 1.807) is 12.1 Å². The van der Waals surface area contributed by atoms with Crippen LogP contribution in [0.4, 0.5) is 10.1 Å². The van der Waals surface area contributed by atoms with Gasteiger partial charge in [-0.15, -0.1) is 0 Å². The van der Waals surface area contributed by atoms with Crippen LogP contribution < -0.4 is 5.73 Å². The minimum Gasteiger partial charge on any atom is -0.399 e. The van der Waals surface area contributed by atoms with Gasteiger partial charge in [0.05, 0.1) is 0 Å². The first-order chi connectivity index (χ1) is 9.70. The van der Waals surface area contributed by atoms with Gasteiger partial charge in [-0.2, -0.15) is 0 Å². The highest BCUT2D eigenvalue weighted by Gasteiger charge is 2.28. The van der Waals surface area contributed by atoms with Crippen molar-refractivity contribution in [3.05, 3.63) is 65.5 Å². The molecule has 3 heteroatoms. The van der Waals surface area contributed by atoms with E-state index in [1.807, 2.05) is 24.3 Å². The maximum absolute atomic E-state index is 13.3. The Hall–Kier alpha value is -1.87. The van der Waals surface area contributed by atoms with E-state index in [4.69, 9.17) is 5.73 Å². The van der Waals surface area contributed by atoms with Crippen molar-refractivity contribution >= 4 is 5.69 Å². The molecular weight excluding hydrogens is 251 g/mol. The van der Waals surface area contributed by atoms with Crippen molar-refractivity contribution in [1.29, 1.82) is 0 Å². The third kappa shape index (κ3) is 3.36. The van der Waals surface area contributed by atoms with Crippen LogP contribution in [0.5, 0.6) is 0 Å². The third-order valence-corrected chi connectivity index (χ3v) is 3.67. The Bertz CT molecular complexity index is 546. The van der Waals surface area contributed by atoms with E-state index in [0.29, 0.717) is 6.04 Å². The molecule has 2 N–H and O–H groups in total. The van der Waals surface area contributed by atoms with Gasteiger partial charge in [0.2, 0.25) is 0 Å². The van der Waals surface area contributed by atoms with Crippen LogP contribution in [0.15, 0.2) is 48.5 Å². The van der Waals surface area contributed by atoms with Crippen LogP contribution in [0.3, 0.4) is 0 Å². The minimum absolute atomic E-state index is 0.165. The summed E-state index contributed by atoms with van der Waals surface area (Å²) in [6, 6.07) is 15.5. The Morgan fingerprint density at radius 1 is 1.00 bits per heavy atom. The lowest BCUT2D eigenvalue weighted by molar-refractivity contribution is 0.245. The quantitative estimate of drug-likeness (QED) is 0.842. The molecule has 0 heterocycles. The van der Waals surface area contributed by atoms with Crippen molar-refractivity contribution in [1.82, 2.24) is 4.90 Å². The summed E-state index contributed by atoms with van der Waals surface area (Å²) in [7, 11) is 0. The molecule has 2 nitrogen and oxygen atoms in total. The predicted molar refractivity (Wildman–Crippen MR) is 79.5 cm³/mol. The van der Waals surface area contributed by atoms with E-state index in [1.165, 1.54) is 24.5 Å². The minimum atomic E-state index is -0.165. The summed E-state index contributed by atoms with van der Waals surface area (Å²) in [5, 5.41) is 0. The molecule has 1 aliphatic carbocycles. The Morgan fingerprint density at radius 3 is 2.25 bits per heavy atom. The molecule has 2 aromatic rings. The lowest BCUT2D eigenvalue weighted by Gasteiger charge is -2.22. The Labute approximate surface area is 119 Å². The topological polar surface area (TPSA) is 29.3 Å². The van der Waals surface area contributed by atoms with Gasteiger partial charge in [0.15, 0.2) is 0 Å². The molecule has 1 aliphatic rings. The smallest absolute Gasteiger partial charge is 0.123 e. The fourth-order valence-electron chi connectivity index (χ4n) is 2.55. The number of halogens is 1. The SMILES string of the molecule is Nc1cccc(CN(Cc2cccc(F)c2)C2CC2)c1. The number of anilines is 1. The highest BCUT2D eigenvalue weighted by Crippen LogP contribution is 2.30. The maximum Gasteiger partial charge on any atom is 0.123 e. The van der Waals surface area contributed by atoms with Gasteiger partial charge in [0.25, 0.3) is 0 Å². The molecule has 0 aliphatic heterocycles. The highest BCUT2D eigenvalue weighted by atomic mass is 19.1. The molecule has 0 amide bonds. The van der Waals surface area contributed by atoms with E-state index in [0.717, 1.165) is 24.3 Å². The van der Waals surface area contributed by atoms with Gasteiger partial charge in [-0.3, -0.25) is 4.90 Å². The zero-order chi connectivity index (χ0) is 13.9. The number of hydrogen-bond donors (Lipinski definition) is 1. The zero-order valence-corrected chi connectivity index (χ0v) is 11.4. The fraction of sp³-hybridized carbons (Fsp3) is 0.294. The molecule has 20 heavy (non-hydrogen) atoms. The highest BCUT2D eigenvalue weighted by molar-refractivity contribution is 5.40. The third-order valence-electron chi connectivity index (χ3n) is 3.67. The van der Waals surface area contributed by atoms with Crippen molar-refractivity contribution in [2.75, 3.05) is 5.73 Å². The zero-order valence-electron chi connectivity index (χ0n) is 11.4. The average Bonchev–Trinajstić information content (AvgIpc) is 3.22. The second-order valence-corrected chi connectivity index (χ2v) is 5.51. The van der Waals surface area contributed by atoms with Crippen LogP contribution in [0.1, 0.15) is 24.0 Å². The summed E-state index contributed by atoms with van der Waals surface area (Å²) in [6.45, 7) is 1.66. The summed E-state index contributed by atoms with van der Waals surface area (Å²) in [5.74, 6) is -0.165. The number of benzene rings is 2. The van der Waals surface area contributed by atoms with Crippen LogP contribution in [0.25, 0.3) is 0 Å². The van der Waals surface area contributed by atoms with Crippen LogP contribution in [-0.2, 0) is 13.1 Å². The molecular formula is C17H19FN2. The number of hydrogen-bond acceptors (Lipinski definition) is 2. The first-order valence-corrected chi connectivity index (χ1v) is 7.03. The number of nitrogens with two attached hydrogens (primary N) is 1. The van der Waals surface area contributed by atoms with Gasteiger partial charge in [-0.25, -0.2) is 4.39 Å². The van der Waals surface area contributed by atoms with Crippen molar-refractivity contribution in [3.8, 4) is 0 Å². The van der Waals surface area contributed by atoms with Crippen LogP contribution in [0, 0.1) is 5.82 Å². The monoisotopic (exact) mass is 270 g/mol. The van der Waals surface area contributed by atoms with Gasteiger partial charge in [-0.1, -0.05) is 24.3 Å². The van der Waals surface area contributed by atoms with Crippen LogP contribution in [-0.4, -0.2) is 10.9 Å². The van der Waals surface area contributed by atoms with Crippen LogP contribution >= 0.6 is 0 Å². The summed E-state index contributed by atoms with van der Waals surface area (Å²) >= 11 is 0. The summed E-state index contributed by atoms with van der Waals surface area (Å²) in [5.41, 5.74) is 8.87. The Kier molecular flexibility index (Phi) is 3.70. The molecule has 104 valence electrons. The fourth-order valence-corrected chi connectivity index (χ4v) is 2.55. The lowest BCUT2D eigenvalue weighted by atomic mass is 10.1. The Balaban J connectivity index is 1.73. The number of rotatable bonds is 5. The van der Waals surface area contributed by atoms with Crippen molar-refractivity contribution in [3.63, 3.8) is 0 Å². The van der Waals surface area contributed by atoms with E-state index >= 15 is 0 Å². The van der Waals surface area contributed by atoms with Gasteiger partial charge in [0.1, 0.15) is 5.82 Å². The molecule has 0 spiro atoms. The number of nitrogens with zero attached hydrogens (tertiary/aromatic N) is 1. The summed E-state index contributed by atoms with van der Waals surface area (Å²) in [6.07, 6.45) is 2.47. The van der Waals surface area contributed by atoms with E-state index in [2.05, 4.69) is 11.0 Å². The van der Waals surface area contributed by atoms with Crippen molar-refractivity contribution in [2.24, 2.45) is 0 Å². The standard InChI is InChI=1S/C17H19FN2/c18-15-5-1-3-13(9-15)11-20(17-7-8-17)12-14-4-2-6-16(19)10-14/h1-6,9-10,17H,7-8,11-12,19H2. The molecule has 0 saturated heterocycles. The second kappa shape index (κ2) is 5.63. The normalized spacial score (nSPS) is 14.7. The molecule has 1 fully saturated rings. The molecule has 0 radical (unpaired) electrons. The van der Waals surface area contributed by atoms with Crippen molar-refractivity contribution in [2.45, 2.75) is 32.0 Å². The second-order valence-electron chi connectivity index (χ2n) is 5.51. The average molecular weight is 270 g/mol. The van der Waals surface area contributed by atoms with Gasteiger partial charge in [-0.05, 0) is 48.2 Å². The van der Waals surface area contributed by atoms with E-state index in [9.17, 15) is 4.39 Å². The molecule has 2 aromatic carbocycles. The molecule has 0 bridgehead atoms. The van der Waals surface area contributed by atoms with Crippen LogP contribution in [0.2, 0.25) is 0 Å². The van der Waals surface area contributed by atoms with Crippen molar-refractivity contribution < 1.29 is 4.39 Å². The van der Waals surface area contributed by atoms with Gasteiger partial charge in [0, 0.05) is 24.8 Å². The lowest BCUT2D eigenvalue weighted by Crippen LogP contribution is -2.25. The maximum atomic E-state index is 13.3. The summed E-state index contributed by atoms with van der Waals surface area (Å²) < 4.78 is 13.3. The molecule has 1 saturated carbocycles. The van der Waals surface area contributed by atoms with E-state index in [-0.39, 0.29) is 5.82 Å². The Morgan fingerprint density at radius 2 is 1.65 bits per heavy atom. The van der Waals surface area contributed by atoms with Gasteiger partial charge >= 0.3 is 0 Å². The molecule has 3 rings (SSSR count). The van der Waals surface area contributed by atoms with Gasteiger partial charge < -0.3 is 5.73 Å². The first kappa shape index (κ1) is 13.1. The molecule has 0 unspecified atom stereocenters. The molecule has 0 aromatic heterocycles. The van der Waals surface area contributed by atoms with E-state index < -0.39 is 0 Å².